The lowest BCUT2D eigenvalue weighted by atomic mass is 9.96. The Labute approximate surface area is 181 Å². The molecule has 164 valence electrons. The van der Waals surface area contributed by atoms with Gasteiger partial charge in [-0.2, -0.15) is 0 Å². The Balaban J connectivity index is 1.62. The number of benzene rings is 2. The summed E-state index contributed by atoms with van der Waals surface area (Å²) in [5.74, 6) is -0.685. The Morgan fingerprint density at radius 2 is 1.77 bits per heavy atom. The Kier molecular flexibility index (Phi) is 7.25. The summed E-state index contributed by atoms with van der Waals surface area (Å²) >= 11 is 0. The highest BCUT2D eigenvalue weighted by Gasteiger charge is 2.45. The number of rotatable bonds is 7. The van der Waals surface area contributed by atoms with Crippen molar-refractivity contribution in [3.63, 3.8) is 0 Å². The number of carbonyl (C=O) groups is 3. The lowest BCUT2D eigenvalue weighted by Gasteiger charge is -2.31. The fraction of sp³-hybridized carbons (Fsp3) is 0.348. The molecule has 0 aromatic heterocycles. The molecular weight excluding hydrogens is 400 g/mol. The number of likely N-dealkylation sites (N-methyl/N-ethyl adjacent to an activating group) is 1. The lowest BCUT2D eigenvalue weighted by Crippen LogP contribution is -2.59. The molecule has 8 heteroatoms. The van der Waals surface area contributed by atoms with Gasteiger partial charge in [-0.05, 0) is 23.3 Å². The van der Waals surface area contributed by atoms with E-state index in [1.807, 2.05) is 30.3 Å². The molecular formula is C23H26N2O6. The third-order valence-corrected chi connectivity index (χ3v) is 5.13. The molecule has 0 aliphatic carbocycles. The van der Waals surface area contributed by atoms with Gasteiger partial charge >= 0.3 is 12.1 Å². The topological polar surface area (TPSA) is 94.2 Å². The molecule has 8 nitrogen and oxygen atoms in total. The van der Waals surface area contributed by atoms with Crippen LogP contribution >= 0.6 is 0 Å². The van der Waals surface area contributed by atoms with E-state index < -0.39 is 17.6 Å². The number of nitrogens with one attached hydrogen (secondary N) is 1. The number of amides is 2. The first-order chi connectivity index (χ1) is 14.9. The van der Waals surface area contributed by atoms with Gasteiger partial charge in [0.2, 0.25) is 0 Å². The number of hydrogen-bond donors (Lipinski definition) is 1. The molecule has 1 unspecified atom stereocenters. The molecule has 1 atom stereocenters. The van der Waals surface area contributed by atoms with Crippen molar-refractivity contribution in [3.05, 3.63) is 71.3 Å². The number of nitrogens with zero attached hydrogens (tertiary/aromatic N) is 1. The summed E-state index contributed by atoms with van der Waals surface area (Å²) in [7, 11) is 2.98. The molecule has 31 heavy (non-hydrogen) atoms. The number of carbonyl (C=O) groups excluding carboxylic acids is 3. The molecule has 3 rings (SSSR count). The monoisotopic (exact) mass is 426 g/mol. The average molecular weight is 426 g/mol. The van der Waals surface area contributed by atoms with Crippen LogP contribution in [0.2, 0.25) is 0 Å². The Morgan fingerprint density at radius 3 is 2.39 bits per heavy atom. The van der Waals surface area contributed by atoms with Crippen molar-refractivity contribution in [3.8, 4) is 0 Å². The van der Waals surface area contributed by atoms with Gasteiger partial charge in [0.1, 0.15) is 12.1 Å². The second kappa shape index (κ2) is 10.1. The zero-order valence-corrected chi connectivity index (χ0v) is 17.6. The summed E-state index contributed by atoms with van der Waals surface area (Å²) in [5, 5.41) is 2.72. The molecule has 2 amide bonds. The van der Waals surface area contributed by atoms with Crippen molar-refractivity contribution in [1.82, 2.24) is 10.2 Å². The molecule has 1 heterocycles. The quantitative estimate of drug-likeness (QED) is 0.684. The summed E-state index contributed by atoms with van der Waals surface area (Å²) in [6, 6.07) is 16.1. The van der Waals surface area contributed by atoms with Crippen molar-refractivity contribution in [2.24, 2.45) is 0 Å². The van der Waals surface area contributed by atoms with Crippen molar-refractivity contribution < 1.29 is 28.6 Å². The standard InChI is InChI=1S/C23H26N2O6/c1-25(14-17-8-10-19(11-9-17)20(26)29-2)21(27)23(12-13-30-16-23)24-22(28)31-15-18-6-4-3-5-7-18/h3-11H,12-16H2,1-2H3,(H,24,28). The van der Waals surface area contributed by atoms with Gasteiger partial charge < -0.3 is 24.4 Å². The van der Waals surface area contributed by atoms with Crippen molar-refractivity contribution in [2.45, 2.75) is 25.1 Å². The fourth-order valence-corrected chi connectivity index (χ4v) is 3.42. The number of hydrogen-bond acceptors (Lipinski definition) is 6. The highest BCUT2D eigenvalue weighted by Crippen LogP contribution is 2.23. The molecule has 1 aliphatic heterocycles. The van der Waals surface area contributed by atoms with Gasteiger partial charge in [0, 0.05) is 26.6 Å². The first kappa shape index (κ1) is 22.3. The van der Waals surface area contributed by atoms with Gasteiger partial charge in [-0.3, -0.25) is 4.79 Å². The van der Waals surface area contributed by atoms with E-state index in [0.29, 0.717) is 25.1 Å². The molecule has 1 N–H and O–H groups in total. The minimum atomic E-state index is -1.17. The van der Waals surface area contributed by atoms with Crippen LogP contribution in [0, 0.1) is 0 Å². The summed E-state index contributed by atoms with van der Waals surface area (Å²) in [5.41, 5.74) is 0.954. The first-order valence-corrected chi connectivity index (χ1v) is 9.93. The molecule has 0 radical (unpaired) electrons. The van der Waals surface area contributed by atoms with Gasteiger partial charge in [0.15, 0.2) is 0 Å². The third-order valence-electron chi connectivity index (χ3n) is 5.13. The van der Waals surface area contributed by atoms with E-state index in [4.69, 9.17) is 14.2 Å². The fourth-order valence-electron chi connectivity index (χ4n) is 3.42. The number of esters is 1. The average Bonchev–Trinajstić information content (AvgIpc) is 3.27. The molecule has 1 fully saturated rings. The third kappa shape index (κ3) is 5.61. The highest BCUT2D eigenvalue weighted by atomic mass is 16.6. The van der Waals surface area contributed by atoms with Gasteiger partial charge in [-0.15, -0.1) is 0 Å². The van der Waals surface area contributed by atoms with E-state index in [1.165, 1.54) is 12.0 Å². The Morgan fingerprint density at radius 1 is 1.06 bits per heavy atom. The molecule has 0 bridgehead atoms. The number of methoxy groups -OCH3 is 1. The zero-order valence-electron chi connectivity index (χ0n) is 17.6. The van der Waals surface area contributed by atoms with Crippen LogP contribution in [0.25, 0.3) is 0 Å². The molecule has 1 aliphatic rings. The van der Waals surface area contributed by atoms with Crippen LogP contribution < -0.4 is 5.32 Å². The first-order valence-electron chi connectivity index (χ1n) is 9.93. The van der Waals surface area contributed by atoms with E-state index in [-0.39, 0.29) is 19.1 Å². The van der Waals surface area contributed by atoms with Crippen molar-refractivity contribution in [1.29, 1.82) is 0 Å². The van der Waals surface area contributed by atoms with E-state index in [9.17, 15) is 14.4 Å². The van der Waals surface area contributed by atoms with Crippen molar-refractivity contribution >= 4 is 18.0 Å². The largest absolute Gasteiger partial charge is 0.465 e. The minimum absolute atomic E-state index is 0.0812. The summed E-state index contributed by atoms with van der Waals surface area (Å²) in [4.78, 5) is 38.7. The predicted octanol–water partition coefficient (Wildman–Crippen LogP) is 2.52. The van der Waals surface area contributed by atoms with E-state index in [1.54, 1.807) is 31.3 Å². The molecule has 2 aromatic carbocycles. The van der Waals surface area contributed by atoms with Gasteiger partial charge in [-0.1, -0.05) is 42.5 Å². The lowest BCUT2D eigenvalue weighted by molar-refractivity contribution is -0.137. The van der Waals surface area contributed by atoms with Crippen LogP contribution in [-0.4, -0.2) is 55.8 Å². The van der Waals surface area contributed by atoms with Gasteiger partial charge in [-0.25, -0.2) is 9.59 Å². The second-order valence-electron chi connectivity index (χ2n) is 7.42. The zero-order chi connectivity index (χ0) is 22.3. The van der Waals surface area contributed by atoms with Crippen LogP contribution in [0.15, 0.2) is 54.6 Å². The SMILES string of the molecule is COC(=O)c1ccc(CN(C)C(=O)C2(NC(=O)OCc3ccccc3)CCOC2)cc1. The predicted molar refractivity (Wildman–Crippen MR) is 112 cm³/mol. The van der Waals surface area contributed by atoms with Gasteiger partial charge in [0.25, 0.3) is 5.91 Å². The van der Waals surface area contributed by atoms with Crippen LogP contribution in [0.3, 0.4) is 0 Å². The number of ether oxygens (including phenoxy) is 3. The molecule has 0 spiro atoms. The summed E-state index contributed by atoms with van der Waals surface area (Å²) in [6.07, 6.45) is -0.309. The molecule has 2 aromatic rings. The summed E-state index contributed by atoms with van der Waals surface area (Å²) in [6.45, 7) is 0.868. The van der Waals surface area contributed by atoms with Crippen LogP contribution in [0.1, 0.15) is 27.9 Å². The molecule has 0 saturated carbocycles. The van der Waals surface area contributed by atoms with E-state index in [0.717, 1.165) is 11.1 Å². The highest BCUT2D eigenvalue weighted by molar-refractivity contribution is 5.91. The van der Waals surface area contributed by atoms with E-state index >= 15 is 0 Å². The number of alkyl carbamates (subject to hydrolysis) is 1. The summed E-state index contributed by atoms with van der Waals surface area (Å²) < 4.78 is 15.4. The Bertz CT molecular complexity index is 907. The van der Waals surface area contributed by atoms with Crippen molar-refractivity contribution in [2.75, 3.05) is 27.4 Å². The van der Waals surface area contributed by atoms with Crippen LogP contribution in [-0.2, 0) is 32.2 Å². The maximum Gasteiger partial charge on any atom is 0.408 e. The smallest absolute Gasteiger partial charge is 0.408 e. The second-order valence-corrected chi connectivity index (χ2v) is 7.42. The van der Waals surface area contributed by atoms with Crippen LogP contribution in [0.5, 0.6) is 0 Å². The Hall–Kier alpha value is -3.39. The van der Waals surface area contributed by atoms with E-state index in [2.05, 4.69) is 5.32 Å². The molecule has 1 saturated heterocycles. The minimum Gasteiger partial charge on any atom is -0.465 e. The maximum atomic E-state index is 13.2. The van der Waals surface area contributed by atoms with Gasteiger partial charge in [0.05, 0.1) is 19.3 Å². The van der Waals surface area contributed by atoms with Crippen LogP contribution in [0.4, 0.5) is 4.79 Å². The normalized spacial score (nSPS) is 17.6. The maximum absolute atomic E-state index is 13.2.